The van der Waals surface area contributed by atoms with Crippen LogP contribution in [0.3, 0.4) is 0 Å². The Morgan fingerprint density at radius 3 is 2.41 bits per heavy atom. The fourth-order valence-corrected chi connectivity index (χ4v) is 3.17. The van der Waals surface area contributed by atoms with Crippen molar-refractivity contribution in [1.29, 1.82) is 0 Å². The number of aliphatic hydroxyl groups is 1. The predicted octanol–water partition coefficient (Wildman–Crippen LogP) is 3.91. The number of likely N-dealkylation sites (N-methyl/N-ethyl adjacent to an activating group) is 1. The number of benzene rings is 2. The minimum Gasteiger partial charge on any atom is -0.388 e. The molecule has 0 aliphatic rings. The highest BCUT2D eigenvalue weighted by atomic mass is 32.1. The number of halogens is 4. The number of rotatable bonds is 4. The molecule has 1 atom stereocenters. The fourth-order valence-electron chi connectivity index (χ4n) is 2.86. The molecule has 1 unspecified atom stereocenters. The van der Waals surface area contributed by atoms with Crippen molar-refractivity contribution >= 4 is 23.5 Å². The summed E-state index contributed by atoms with van der Waals surface area (Å²) >= 11 is 3.77. The van der Waals surface area contributed by atoms with E-state index in [1.807, 2.05) is 0 Å². The van der Waals surface area contributed by atoms with E-state index in [0.29, 0.717) is 16.6 Å². The van der Waals surface area contributed by atoms with Crippen molar-refractivity contribution in [2.45, 2.75) is 11.8 Å². The summed E-state index contributed by atoms with van der Waals surface area (Å²) in [7, 11) is 1.27. The number of fused-ring (bicyclic) bond motifs is 1. The molecule has 3 rings (SSSR count). The van der Waals surface area contributed by atoms with Crippen LogP contribution in [0.5, 0.6) is 0 Å². The zero-order valence-corrected chi connectivity index (χ0v) is 14.9. The second-order valence-electron chi connectivity index (χ2n) is 5.81. The van der Waals surface area contributed by atoms with Crippen LogP contribution in [0.25, 0.3) is 16.6 Å². The largest absolute Gasteiger partial charge is 0.427 e. The number of hydrogen-bond acceptors (Lipinski definition) is 4. The van der Waals surface area contributed by atoms with Gasteiger partial charge in [0, 0.05) is 12.4 Å². The van der Waals surface area contributed by atoms with E-state index in [-0.39, 0.29) is 5.56 Å². The van der Waals surface area contributed by atoms with Crippen LogP contribution < -0.4 is 5.32 Å². The Kier molecular flexibility index (Phi) is 4.92. The fraction of sp³-hybridized carbons (Fsp3) is 0.167. The Morgan fingerprint density at radius 2 is 1.85 bits per heavy atom. The highest BCUT2D eigenvalue weighted by Crippen LogP contribution is 2.44. The third-order valence-electron chi connectivity index (χ3n) is 4.26. The summed E-state index contributed by atoms with van der Waals surface area (Å²) in [4.78, 5) is 0. The minimum absolute atomic E-state index is 0.379. The third-order valence-corrected chi connectivity index (χ3v) is 4.51. The van der Waals surface area contributed by atoms with Gasteiger partial charge in [-0.1, -0.05) is 6.07 Å². The van der Waals surface area contributed by atoms with Crippen molar-refractivity contribution in [3.63, 3.8) is 0 Å². The Hall–Kier alpha value is -2.52. The lowest BCUT2D eigenvalue weighted by Crippen LogP contribution is -2.47. The van der Waals surface area contributed by atoms with E-state index in [1.54, 1.807) is 0 Å². The number of nitrogens with one attached hydrogen (secondary N) is 1. The first kappa shape index (κ1) is 19.2. The molecule has 0 aliphatic heterocycles. The second-order valence-corrected chi connectivity index (χ2v) is 6.07. The van der Waals surface area contributed by atoms with E-state index in [4.69, 9.17) is 0 Å². The quantitative estimate of drug-likeness (QED) is 0.462. The summed E-state index contributed by atoms with van der Waals surface area (Å²) in [6, 6.07) is 9.34. The van der Waals surface area contributed by atoms with Gasteiger partial charge in [0.2, 0.25) is 5.60 Å². The molecular weight excluding hydrogens is 382 g/mol. The van der Waals surface area contributed by atoms with E-state index in [2.05, 4.69) is 23.0 Å². The van der Waals surface area contributed by atoms with Gasteiger partial charge in [0.25, 0.3) is 0 Å². The van der Waals surface area contributed by atoms with Crippen molar-refractivity contribution < 1.29 is 22.7 Å². The zero-order valence-electron chi connectivity index (χ0n) is 14.0. The van der Waals surface area contributed by atoms with E-state index in [1.165, 1.54) is 60.4 Å². The van der Waals surface area contributed by atoms with Crippen LogP contribution in [0.4, 0.5) is 17.6 Å². The first-order valence-electron chi connectivity index (χ1n) is 7.78. The predicted molar refractivity (Wildman–Crippen MR) is 97.1 cm³/mol. The van der Waals surface area contributed by atoms with Gasteiger partial charge < -0.3 is 10.4 Å². The van der Waals surface area contributed by atoms with Crippen molar-refractivity contribution in [3.05, 3.63) is 71.1 Å². The van der Waals surface area contributed by atoms with Gasteiger partial charge in [-0.3, -0.25) is 0 Å². The molecule has 0 saturated carbocycles. The van der Waals surface area contributed by atoms with Crippen molar-refractivity contribution in [2.75, 3.05) is 7.05 Å². The molecule has 2 N–H and O–H groups in total. The molecule has 27 heavy (non-hydrogen) atoms. The summed E-state index contributed by atoms with van der Waals surface area (Å²) in [5, 5.41) is 18.3. The first-order valence-corrected chi connectivity index (χ1v) is 8.30. The van der Waals surface area contributed by atoms with Crippen LogP contribution in [0.1, 0.15) is 5.56 Å². The van der Waals surface area contributed by atoms with Crippen LogP contribution in [-0.2, 0) is 5.60 Å². The molecule has 1 heterocycles. The molecule has 0 fully saturated rings. The molecular formula is C18H15F4N3OS. The number of thiol groups is 1. The van der Waals surface area contributed by atoms with Crippen LogP contribution in [0.2, 0.25) is 0 Å². The lowest BCUT2D eigenvalue weighted by molar-refractivity contribution is -0.251. The van der Waals surface area contributed by atoms with Crippen LogP contribution in [-0.4, -0.2) is 28.1 Å². The maximum atomic E-state index is 13.7. The number of hydrogen-bond donors (Lipinski definition) is 3. The highest BCUT2D eigenvalue weighted by Gasteiger charge is 2.57. The van der Waals surface area contributed by atoms with Gasteiger partial charge in [-0.2, -0.15) is 18.3 Å². The normalized spacial score (nSPS) is 15.0. The maximum absolute atomic E-state index is 13.7. The third kappa shape index (κ3) is 3.17. The molecule has 0 amide bonds. The van der Waals surface area contributed by atoms with E-state index in [0.717, 1.165) is 5.41 Å². The molecule has 1 aromatic heterocycles. The van der Waals surface area contributed by atoms with Crippen molar-refractivity contribution in [2.24, 2.45) is 0 Å². The number of aromatic nitrogens is 2. The van der Waals surface area contributed by atoms with Crippen molar-refractivity contribution in [1.82, 2.24) is 15.1 Å². The molecule has 0 radical (unpaired) electrons. The summed E-state index contributed by atoms with van der Waals surface area (Å²) in [5.74, 6) is -0.411. The Bertz CT molecular complexity index is 998. The summed E-state index contributed by atoms with van der Waals surface area (Å²) in [5.41, 5.74) is -3.08. The van der Waals surface area contributed by atoms with Gasteiger partial charge >= 0.3 is 6.18 Å². The van der Waals surface area contributed by atoms with Crippen LogP contribution >= 0.6 is 12.6 Å². The smallest absolute Gasteiger partial charge is 0.388 e. The molecule has 0 bridgehead atoms. The standard InChI is InChI=1S/C18H15F4N3OS/c1-23-16(10-27)17(26,18(20,21)22)12-2-7-15-11(8-12)9-24-25(15)14-5-3-13(19)4-6-14/h2-10,23,26-27H,1H3/b16-10-. The van der Waals surface area contributed by atoms with Crippen LogP contribution in [0, 0.1) is 5.82 Å². The maximum Gasteiger partial charge on any atom is 0.427 e. The van der Waals surface area contributed by atoms with Gasteiger partial charge in [0.05, 0.1) is 23.1 Å². The molecule has 4 nitrogen and oxygen atoms in total. The Morgan fingerprint density at radius 1 is 1.19 bits per heavy atom. The molecule has 0 spiro atoms. The second kappa shape index (κ2) is 6.90. The van der Waals surface area contributed by atoms with Gasteiger partial charge in [-0.15, -0.1) is 12.6 Å². The molecule has 0 aliphatic carbocycles. The monoisotopic (exact) mass is 397 g/mol. The van der Waals surface area contributed by atoms with Gasteiger partial charge in [-0.05, 0) is 47.4 Å². The lowest BCUT2D eigenvalue weighted by Gasteiger charge is -2.33. The molecule has 142 valence electrons. The SMILES string of the molecule is CN/C(=C\S)C(O)(c1ccc2c(cnn2-c2ccc(F)cc2)c1)C(F)(F)F. The first-order chi connectivity index (χ1) is 12.7. The molecule has 0 saturated heterocycles. The van der Waals surface area contributed by atoms with Gasteiger partial charge in [0.1, 0.15) is 5.82 Å². The van der Waals surface area contributed by atoms with Crippen LogP contribution in [0.15, 0.2) is 59.8 Å². The lowest BCUT2D eigenvalue weighted by atomic mass is 9.89. The highest BCUT2D eigenvalue weighted by molar-refractivity contribution is 7.83. The van der Waals surface area contributed by atoms with E-state index in [9.17, 15) is 22.7 Å². The summed E-state index contributed by atoms with van der Waals surface area (Å²) in [6.45, 7) is 0. The van der Waals surface area contributed by atoms with E-state index < -0.39 is 23.3 Å². The number of nitrogens with zero attached hydrogens (tertiary/aromatic N) is 2. The summed E-state index contributed by atoms with van der Waals surface area (Å²) in [6.07, 6.45) is -3.60. The van der Waals surface area contributed by atoms with Crippen molar-refractivity contribution in [3.8, 4) is 5.69 Å². The Labute approximate surface area is 157 Å². The van der Waals surface area contributed by atoms with E-state index >= 15 is 0 Å². The Balaban J connectivity index is 2.15. The number of alkyl halides is 3. The van der Waals surface area contributed by atoms with Gasteiger partial charge in [-0.25, -0.2) is 9.07 Å². The topological polar surface area (TPSA) is 50.1 Å². The summed E-state index contributed by atoms with van der Waals surface area (Å²) < 4.78 is 55.7. The molecule has 3 aromatic rings. The average molecular weight is 397 g/mol. The molecule has 9 heteroatoms. The minimum atomic E-state index is -4.98. The molecule has 2 aromatic carbocycles. The van der Waals surface area contributed by atoms with Gasteiger partial charge in [0.15, 0.2) is 0 Å². The zero-order chi connectivity index (χ0) is 19.8. The average Bonchev–Trinajstić information content (AvgIpc) is 3.05.